The molecule has 0 unspecified atom stereocenters. The number of halogens is 1. The highest BCUT2D eigenvalue weighted by Crippen LogP contribution is 2.45. The van der Waals surface area contributed by atoms with Crippen LogP contribution < -0.4 is 0 Å². The summed E-state index contributed by atoms with van der Waals surface area (Å²) < 4.78 is 0.642. The van der Waals surface area contributed by atoms with Crippen LogP contribution in [0.25, 0.3) is 11.0 Å². The van der Waals surface area contributed by atoms with Crippen molar-refractivity contribution >= 4 is 34.9 Å². The summed E-state index contributed by atoms with van der Waals surface area (Å²) in [5.41, 5.74) is 7.69. The van der Waals surface area contributed by atoms with E-state index in [9.17, 15) is 0 Å². The zero-order valence-electron chi connectivity index (χ0n) is 14.1. The standard InChI is InChI=1S/C20H20ClN3S/c1-24-9-8-12-10-14(21)18-19(23-20(25)22-18)16(12)17-13-5-3-2-4-11(13)6-7-15(17)24/h2-5,10,15,17H,6-9H2,1H3,(H2,22,23,25)/t15-,17-/m0/s1. The summed E-state index contributed by atoms with van der Waals surface area (Å²) in [4.78, 5) is 9.16. The second-order valence-corrected chi connectivity index (χ2v) is 8.09. The molecule has 0 fully saturated rings. The Morgan fingerprint density at radius 1 is 1.12 bits per heavy atom. The summed E-state index contributed by atoms with van der Waals surface area (Å²) in [6.45, 7) is 1.06. The van der Waals surface area contributed by atoms with Gasteiger partial charge in [0.1, 0.15) is 0 Å². The third-order valence-corrected chi connectivity index (χ3v) is 6.48. The van der Waals surface area contributed by atoms with Crippen LogP contribution >= 0.6 is 23.8 Å². The molecule has 128 valence electrons. The maximum atomic E-state index is 6.56. The number of H-pyrrole nitrogens is 2. The van der Waals surface area contributed by atoms with E-state index in [0.717, 1.165) is 35.4 Å². The molecule has 2 aliphatic rings. The van der Waals surface area contributed by atoms with E-state index < -0.39 is 0 Å². The molecule has 2 aromatic carbocycles. The van der Waals surface area contributed by atoms with E-state index in [-0.39, 0.29) is 0 Å². The number of aryl methyl sites for hydroxylation is 1. The van der Waals surface area contributed by atoms with Gasteiger partial charge in [-0.05, 0) is 66.8 Å². The summed E-state index contributed by atoms with van der Waals surface area (Å²) in [5, 5.41) is 0.756. The molecule has 25 heavy (non-hydrogen) atoms. The number of nitrogens with zero attached hydrogens (tertiary/aromatic N) is 1. The van der Waals surface area contributed by atoms with E-state index in [0.29, 0.717) is 16.7 Å². The molecule has 5 rings (SSSR count). The SMILES string of the molecule is CN1CCc2cc(Cl)c3[nH]c(=S)[nH]c3c2[C@H]2c3ccccc3CC[C@@H]21. The van der Waals surface area contributed by atoms with Gasteiger partial charge in [0.2, 0.25) is 0 Å². The number of nitrogens with one attached hydrogen (secondary N) is 2. The van der Waals surface area contributed by atoms with Crippen LogP contribution in [0.1, 0.15) is 34.6 Å². The number of hydrogen-bond acceptors (Lipinski definition) is 2. The van der Waals surface area contributed by atoms with Crippen molar-refractivity contribution in [3.63, 3.8) is 0 Å². The predicted molar refractivity (Wildman–Crippen MR) is 105 cm³/mol. The smallest absolute Gasteiger partial charge is 0.175 e. The van der Waals surface area contributed by atoms with Crippen LogP contribution in [0.2, 0.25) is 5.02 Å². The van der Waals surface area contributed by atoms with Gasteiger partial charge in [-0.2, -0.15) is 0 Å². The van der Waals surface area contributed by atoms with E-state index in [1.54, 1.807) is 0 Å². The Hall–Kier alpha value is -1.62. The minimum Gasteiger partial charge on any atom is -0.330 e. The third-order valence-electron chi connectivity index (χ3n) is 5.98. The Kier molecular flexibility index (Phi) is 3.56. The topological polar surface area (TPSA) is 34.8 Å². The number of likely N-dealkylation sites (N-methyl/N-ethyl adjacent to an activating group) is 1. The first kappa shape index (κ1) is 15.6. The van der Waals surface area contributed by atoms with Crippen molar-refractivity contribution in [2.24, 2.45) is 0 Å². The van der Waals surface area contributed by atoms with Crippen molar-refractivity contribution in [1.29, 1.82) is 0 Å². The molecule has 1 aliphatic heterocycles. The molecule has 3 nitrogen and oxygen atoms in total. The van der Waals surface area contributed by atoms with Crippen LogP contribution in [0.5, 0.6) is 0 Å². The number of imidazole rings is 1. The summed E-state index contributed by atoms with van der Waals surface area (Å²) in [6, 6.07) is 11.6. The Labute approximate surface area is 157 Å². The van der Waals surface area contributed by atoms with Crippen LogP contribution in [0.3, 0.4) is 0 Å². The Morgan fingerprint density at radius 2 is 1.92 bits per heavy atom. The van der Waals surface area contributed by atoms with E-state index in [4.69, 9.17) is 23.8 Å². The first-order chi connectivity index (χ1) is 12.1. The summed E-state index contributed by atoms with van der Waals surface area (Å²) in [5.74, 6) is 0.355. The van der Waals surface area contributed by atoms with Crippen molar-refractivity contribution < 1.29 is 0 Å². The molecule has 0 saturated heterocycles. The summed E-state index contributed by atoms with van der Waals surface area (Å²) in [7, 11) is 2.26. The lowest BCUT2D eigenvalue weighted by molar-refractivity contribution is 0.214. The lowest BCUT2D eigenvalue weighted by atomic mass is 9.74. The number of aromatic amines is 2. The van der Waals surface area contributed by atoms with Gasteiger partial charge < -0.3 is 14.9 Å². The molecule has 3 aromatic rings. The average Bonchev–Trinajstić information content (AvgIpc) is 2.94. The molecule has 5 heteroatoms. The molecule has 2 atom stereocenters. The highest BCUT2D eigenvalue weighted by atomic mass is 35.5. The van der Waals surface area contributed by atoms with Gasteiger partial charge in [-0.3, -0.25) is 0 Å². The van der Waals surface area contributed by atoms with Crippen LogP contribution in [0.15, 0.2) is 30.3 Å². The molecule has 0 amide bonds. The lowest BCUT2D eigenvalue weighted by Gasteiger charge is -2.38. The minimum atomic E-state index is 0.355. The molecule has 1 aliphatic carbocycles. The highest BCUT2D eigenvalue weighted by molar-refractivity contribution is 7.71. The quantitative estimate of drug-likeness (QED) is 0.557. The van der Waals surface area contributed by atoms with Gasteiger partial charge in [0, 0.05) is 18.5 Å². The van der Waals surface area contributed by atoms with Gasteiger partial charge in [-0.15, -0.1) is 0 Å². The largest absolute Gasteiger partial charge is 0.330 e. The molecular weight excluding hydrogens is 350 g/mol. The average molecular weight is 370 g/mol. The zero-order chi connectivity index (χ0) is 17.1. The maximum absolute atomic E-state index is 6.56. The Bertz CT molecular complexity index is 1040. The van der Waals surface area contributed by atoms with Crippen molar-refractivity contribution in [3.05, 3.63) is 62.4 Å². The van der Waals surface area contributed by atoms with Gasteiger partial charge >= 0.3 is 0 Å². The number of benzene rings is 2. The first-order valence-electron chi connectivity index (χ1n) is 8.85. The minimum absolute atomic E-state index is 0.355. The van der Waals surface area contributed by atoms with Crippen LogP contribution in [-0.4, -0.2) is 34.5 Å². The molecule has 0 saturated carbocycles. The van der Waals surface area contributed by atoms with Crippen molar-refractivity contribution in [2.75, 3.05) is 13.6 Å². The van der Waals surface area contributed by atoms with Gasteiger partial charge in [-0.1, -0.05) is 35.9 Å². The van der Waals surface area contributed by atoms with Crippen LogP contribution in [0.4, 0.5) is 0 Å². The molecule has 0 radical (unpaired) electrons. The van der Waals surface area contributed by atoms with Gasteiger partial charge in [0.15, 0.2) is 4.77 Å². The van der Waals surface area contributed by atoms with Crippen LogP contribution in [-0.2, 0) is 12.8 Å². The number of fused-ring (bicyclic) bond motifs is 7. The predicted octanol–water partition coefficient (Wildman–Crippen LogP) is 4.81. The Morgan fingerprint density at radius 3 is 2.80 bits per heavy atom. The first-order valence-corrected chi connectivity index (χ1v) is 9.63. The second-order valence-electron chi connectivity index (χ2n) is 7.27. The maximum Gasteiger partial charge on any atom is 0.175 e. The molecule has 0 spiro atoms. The summed E-state index contributed by atoms with van der Waals surface area (Å²) in [6.07, 6.45) is 3.35. The zero-order valence-corrected chi connectivity index (χ0v) is 15.7. The van der Waals surface area contributed by atoms with Crippen LogP contribution in [0, 0.1) is 4.77 Å². The number of aromatic nitrogens is 2. The normalized spacial score (nSPS) is 23.0. The summed E-state index contributed by atoms with van der Waals surface area (Å²) >= 11 is 11.9. The van der Waals surface area contributed by atoms with E-state index >= 15 is 0 Å². The Balaban J connectivity index is 1.87. The van der Waals surface area contributed by atoms with Crippen molar-refractivity contribution in [3.8, 4) is 0 Å². The molecular formula is C20H20ClN3S. The van der Waals surface area contributed by atoms with Gasteiger partial charge in [-0.25, -0.2) is 0 Å². The van der Waals surface area contributed by atoms with E-state index in [1.807, 2.05) is 0 Å². The molecule has 0 bridgehead atoms. The third kappa shape index (κ3) is 2.31. The lowest BCUT2D eigenvalue weighted by Crippen LogP contribution is -2.39. The molecule has 2 heterocycles. The van der Waals surface area contributed by atoms with Crippen molar-refractivity contribution in [2.45, 2.75) is 31.2 Å². The number of rotatable bonds is 0. The fourth-order valence-electron chi connectivity index (χ4n) is 4.82. The molecule has 2 N–H and O–H groups in total. The highest BCUT2D eigenvalue weighted by Gasteiger charge is 2.37. The fourth-order valence-corrected chi connectivity index (χ4v) is 5.30. The monoisotopic (exact) mass is 369 g/mol. The van der Waals surface area contributed by atoms with E-state index in [1.165, 1.54) is 28.7 Å². The second kappa shape index (κ2) is 5.70. The van der Waals surface area contributed by atoms with Gasteiger partial charge in [0.05, 0.1) is 16.1 Å². The fraction of sp³-hybridized carbons (Fsp3) is 0.350. The van der Waals surface area contributed by atoms with E-state index in [2.05, 4.69) is 52.2 Å². The van der Waals surface area contributed by atoms with Gasteiger partial charge in [0.25, 0.3) is 0 Å². The molecule has 1 aromatic heterocycles. The van der Waals surface area contributed by atoms with Crippen molar-refractivity contribution in [1.82, 2.24) is 14.9 Å². The number of hydrogen-bond donors (Lipinski definition) is 2.